The first-order valence-electron chi connectivity index (χ1n) is 19.6. The number of benzene rings is 5. The van der Waals surface area contributed by atoms with Crippen LogP contribution in [0, 0.1) is 6.07 Å². The molecule has 2 aromatic heterocycles. The van der Waals surface area contributed by atoms with Crippen molar-refractivity contribution in [2.75, 3.05) is 0 Å². The molecule has 2 heterocycles. The second-order valence-electron chi connectivity index (χ2n) is 18.1. The van der Waals surface area contributed by atoms with Crippen LogP contribution in [-0.2, 0) is 37.3 Å². The second-order valence-corrected chi connectivity index (χ2v) is 21.9. The smallest absolute Gasteiger partial charge is 0.164 e. The van der Waals surface area contributed by atoms with Gasteiger partial charge in [0.2, 0.25) is 0 Å². The number of hydrogen-bond acceptors (Lipinski definition) is 3. The summed E-state index contributed by atoms with van der Waals surface area (Å²) in [6.07, 6.45) is 1.85. The standard InChI is InChI=1S/C52H53N2OSi.Pt/c1-50(2,3)38-32-44(49(55)45(33-38)52(7,8)9)48-35-39(51(4,5)6)34-47(54-48)37-29-36(46-27-19-20-28-53-46)30-43(31-37)56(40-21-13-10-14-22-40,41-23-15-11-16-24-41)42-25-17-12-18-26-42;/h10-28,30-35,55H,1-9H3;/q-1;. The predicted octanol–water partition coefficient (Wildman–Crippen LogP) is 10.3. The van der Waals surface area contributed by atoms with Crippen LogP contribution in [0.2, 0.25) is 0 Å². The molecule has 0 amide bonds. The number of pyridine rings is 2. The maximum atomic E-state index is 12.1. The van der Waals surface area contributed by atoms with Gasteiger partial charge in [0.15, 0.2) is 8.07 Å². The molecule has 0 bridgehead atoms. The Morgan fingerprint density at radius 3 is 1.39 bits per heavy atom. The number of nitrogens with zero attached hydrogens (tertiary/aromatic N) is 2. The van der Waals surface area contributed by atoms with E-state index in [1.54, 1.807) is 0 Å². The third kappa shape index (κ3) is 8.40. The maximum absolute atomic E-state index is 12.1. The molecule has 292 valence electrons. The van der Waals surface area contributed by atoms with E-state index in [0.717, 1.165) is 50.5 Å². The van der Waals surface area contributed by atoms with Crippen LogP contribution in [-0.4, -0.2) is 23.1 Å². The van der Waals surface area contributed by atoms with Gasteiger partial charge in [-0.2, -0.15) is 0 Å². The van der Waals surface area contributed by atoms with E-state index in [2.05, 4.69) is 202 Å². The topological polar surface area (TPSA) is 46.0 Å². The van der Waals surface area contributed by atoms with Gasteiger partial charge in [0.05, 0.1) is 5.69 Å². The van der Waals surface area contributed by atoms with Crippen LogP contribution in [0.3, 0.4) is 0 Å². The van der Waals surface area contributed by atoms with Gasteiger partial charge in [-0.05, 0) is 61.1 Å². The van der Waals surface area contributed by atoms with Gasteiger partial charge in [-0.25, -0.2) is 0 Å². The van der Waals surface area contributed by atoms with E-state index < -0.39 is 8.07 Å². The molecule has 57 heavy (non-hydrogen) atoms. The quantitative estimate of drug-likeness (QED) is 0.0984. The number of aromatic nitrogens is 2. The van der Waals surface area contributed by atoms with Crippen molar-refractivity contribution in [3.63, 3.8) is 0 Å². The van der Waals surface area contributed by atoms with Crippen LogP contribution >= 0.6 is 0 Å². The van der Waals surface area contributed by atoms with Gasteiger partial charge in [0, 0.05) is 49.8 Å². The van der Waals surface area contributed by atoms with Gasteiger partial charge in [0.25, 0.3) is 0 Å². The first kappa shape index (κ1) is 41.7. The van der Waals surface area contributed by atoms with E-state index in [1.807, 2.05) is 18.3 Å². The summed E-state index contributed by atoms with van der Waals surface area (Å²) in [5, 5.41) is 17.2. The summed E-state index contributed by atoms with van der Waals surface area (Å²) in [4.78, 5) is 10.3. The Kier molecular flexibility index (Phi) is 11.8. The van der Waals surface area contributed by atoms with Gasteiger partial charge in [-0.3, -0.25) is 9.97 Å². The van der Waals surface area contributed by atoms with Gasteiger partial charge in [0.1, 0.15) is 5.75 Å². The monoisotopic (exact) mass is 944 g/mol. The predicted molar refractivity (Wildman–Crippen MR) is 239 cm³/mol. The summed E-state index contributed by atoms with van der Waals surface area (Å²) in [7, 11) is -2.94. The molecule has 0 fully saturated rings. The number of aromatic hydroxyl groups is 1. The van der Waals surface area contributed by atoms with Crippen molar-refractivity contribution in [1.29, 1.82) is 0 Å². The fourth-order valence-corrected chi connectivity index (χ4v) is 12.5. The van der Waals surface area contributed by atoms with Crippen LogP contribution in [0.15, 0.2) is 152 Å². The second kappa shape index (κ2) is 16.2. The van der Waals surface area contributed by atoms with Crippen molar-refractivity contribution in [3.8, 4) is 39.5 Å². The van der Waals surface area contributed by atoms with E-state index >= 15 is 0 Å². The molecule has 1 N–H and O–H groups in total. The van der Waals surface area contributed by atoms with E-state index in [0.29, 0.717) is 0 Å². The molecular formula is C52H53N2OPtSi-. The normalized spacial score (nSPS) is 12.2. The zero-order chi connectivity index (χ0) is 39.9. The molecule has 0 aliphatic heterocycles. The van der Waals surface area contributed by atoms with Crippen molar-refractivity contribution in [2.24, 2.45) is 0 Å². The van der Waals surface area contributed by atoms with E-state index in [1.165, 1.54) is 20.7 Å². The van der Waals surface area contributed by atoms with Crippen LogP contribution in [0.1, 0.15) is 79.0 Å². The summed E-state index contributed by atoms with van der Waals surface area (Å²) in [5.74, 6) is 0.283. The molecule has 0 saturated heterocycles. The minimum absolute atomic E-state index is 0. The molecule has 5 aromatic carbocycles. The largest absolute Gasteiger partial charge is 0.507 e. The van der Waals surface area contributed by atoms with Crippen molar-refractivity contribution >= 4 is 28.8 Å². The van der Waals surface area contributed by atoms with Gasteiger partial charge in [-0.1, -0.05) is 189 Å². The van der Waals surface area contributed by atoms with Crippen molar-refractivity contribution in [1.82, 2.24) is 9.97 Å². The zero-order valence-corrected chi connectivity index (χ0v) is 37.9. The van der Waals surface area contributed by atoms with Crippen LogP contribution in [0.25, 0.3) is 33.8 Å². The SMILES string of the molecule is CC(C)(C)c1cc(-c2[c-]c(-c3ccccn3)cc([Si](c3ccccc3)(c3ccccc3)c3ccccc3)c2)nc(-c2cc(C(C)(C)C)cc(C(C)(C)C)c2O)c1.[Pt]. The molecule has 7 rings (SSSR count). The first-order chi connectivity index (χ1) is 26.6. The molecule has 0 radical (unpaired) electrons. The summed E-state index contributed by atoms with van der Waals surface area (Å²) >= 11 is 0. The number of phenols is 1. The first-order valence-corrected chi connectivity index (χ1v) is 21.6. The van der Waals surface area contributed by atoms with E-state index in [4.69, 9.17) is 9.97 Å². The Hall–Kier alpha value is -4.89. The molecule has 0 atom stereocenters. The third-order valence-electron chi connectivity index (χ3n) is 10.9. The molecular weight excluding hydrogens is 892 g/mol. The fraction of sp³-hybridized carbons (Fsp3) is 0.231. The van der Waals surface area contributed by atoms with Crippen molar-refractivity contribution in [2.45, 2.75) is 78.6 Å². The molecule has 0 aliphatic rings. The maximum Gasteiger partial charge on any atom is 0.164 e. The molecule has 0 spiro atoms. The van der Waals surface area contributed by atoms with E-state index in [-0.39, 0.29) is 43.1 Å². The number of hydrogen-bond donors (Lipinski definition) is 1. The minimum atomic E-state index is -2.94. The fourth-order valence-electron chi connectivity index (χ4n) is 7.72. The Labute approximate surface area is 355 Å². The molecule has 7 aromatic rings. The summed E-state index contributed by atoms with van der Waals surface area (Å²) in [5.41, 5.74) is 7.56. The molecule has 0 saturated carbocycles. The Bertz CT molecular complexity index is 2370. The number of phenolic OH excluding ortho intramolecular Hbond substituents is 1. The van der Waals surface area contributed by atoms with Crippen molar-refractivity contribution < 1.29 is 26.2 Å². The Balaban J connectivity index is 0.00000549. The van der Waals surface area contributed by atoms with Crippen LogP contribution in [0.5, 0.6) is 5.75 Å². The summed E-state index contributed by atoms with van der Waals surface area (Å²) < 4.78 is 0. The van der Waals surface area contributed by atoms with Crippen LogP contribution in [0.4, 0.5) is 0 Å². The van der Waals surface area contributed by atoms with E-state index in [9.17, 15) is 5.11 Å². The van der Waals surface area contributed by atoms with Crippen molar-refractivity contribution in [3.05, 3.63) is 175 Å². The minimum Gasteiger partial charge on any atom is -0.507 e. The molecule has 0 unspecified atom stereocenters. The average Bonchev–Trinajstić information content (AvgIpc) is 3.18. The van der Waals surface area contributed by atoms with Gasteiger partial charge in [-0.15, -0.1) is 23.4 Å². The Morgan fingerprint density at radius 2 is 0.930 bits per heavy atom. The van der Waals surface area contributed by atoms with Gasteiger partial charge >= 0.3 is 0 Å². The molecule has 5 heteroatoms. The number of rotatable bonds is 7. The third-order valence-corrected chi connectivity index (χ3v) is 15.6. The summed E-state index contributed by atoms with van der Waals surface area (Å²) in [6.45, 7) is 19.9. The van der Waals surface area contributed by atoms with Crippen LogP contribution < -0.4 is 20.7 Å². The molecule has 3 nitrogen and oxygen atoms in total. The Morgan fingerprint density at radius 1 is 0.474 bits per heavy atom. The summed E-state index contributed by atoms with van der Waals surface area (Å²) in [6, 6.07) is 56.2. The zero-order valence-electron chi connectivity index (χ0n) is 34.6. The van der Waals surface area contributed by atoms with Gasteiger partial charge < -0.3 is 5.11 Å². The average molecular weight is 945 g/mol. The molecule has 0 aliphatic carbocycles.